The zero-order valence-corrected chi connectivity index (χ0v) is 25.3. The average Bonchev–Trinajstić information content (AvgIpc) is 3.44. The zero-order valence-electron chi connectivity index (χ0n) is 25.3. The first kappa shape index (κ1) is 30.4. The summed E-state index contributed by atoms with van der Waals surface area (Å²) in [5.41, 5.74) is 4.61. The van der Waals surface area contributed by atoms with Crippen molar-refractivity contribution in [2.75, 3.05) is 0 Å². The van der Waals surface area contributed by atoms with Gasteiger partial charge < -0.3 is 14.4 Å². The number of imidazole rings is 1. The highest BCUT2D eigenvalue weighted by atomic mass is 19.4. The van der Waals surface area contributed by atoms with Gasteiger partial charge >= 0.3 is 12.1 Å². The highest BCUT2D eigenvalue weighted by Gasteiger charge is 2.35. The first-order valence-electron chi connectivity index (χ1n) is 15.6. The molecule has 238 valence electrons. The van der Waals surface area contributed by atoms with Crippen molar-refractivity contribution in [2.45, 2.75) is 50.9 Å². The topological polar surface area (TPSA) is 90.1 Å². The van der Waals surface area contributed by atoms with Gasteiger partial charge in [0.05, 0.1) is 28.2 Å². The Labute approximate surface area is 268 Å². The maximum atomic E-state index is 13.0. The molecule has 7 nitrogen and oxygen atoms in total. The average molecular weight is 637 g/mol. The lowest BCUT2D eigenvalue weighted by molar-refractivity contribution is -0.143. The summed E-state index contributed by atoms with van der Waals surface area (Å²) in [7, 11) is 0. The van der Waals surface area contributed by atoms with Crippen molar-refractivity contribution in [2.24, 2.45) is 5.92 Å². The second-order valence-electron chi connectivity index (χ2n) is 12.0. The van der Waals surface area contributed by atoms with Crippen LogP contribution >= 0.6 is 0 Å². The first-order valence-corrected chi connectivity index (χ1v) is 15.6. The normalized spacial score (nSPS) is 16.8. The van der Waals surface area contributed by atoms with E-state index in [0.29, 0.717) is 29.8 Å². The van der Waals surface area contributed by atoms with Crippen LogP contribution in [0.15, 0.2) is 97.2 Å². The number of benzene rings is 3. The van der Waals surface area contributed by atoms with E-state index in [1.165, 1.54) is 12.3 Å². The number of pyridine rings is 2. The van der Waals surface area contributed by atoms with E-state index in [-0.39, 0.29) is 12.5 Å². The third-order valence-electron chi connectivity index (χ3n) is 8.89. The molecule has 3 aromatic heterocycles. The van der Waals surface area contributed by atoms with Crippen molar-refractivity contribution < 1.29 is 27.8 Å². The molecule has 1 fully saturated rings. The molecule has 0 radical (unpaired) electrons. The van der Waals surface area contributed by atoms with Gasteiger partial charge in [-0.3, -0.25) is 9.78 Å². The van der Waals surface area contributed by atoms with Crippen LogP contribution in [-0.4, -0.2) is 30.6 Å². The number of alkyl halides is 3. The van der Waals surface area contributed by atoms with Crippen molar-refractivity contribution >= 4 is 27.9 Å². The van der Waals surface area contributed by atoms with E-state index in [4.69, 9.17) is 14.7 Å². The van der Waals surface area contributed by atoms with Crippen molar-refractivity contribution in [1.29, 1.82) is 0 Å². The Morgan fingerprint density at radius 3 is 2.43 bits per heavy atom. The minimum absolute atomic E-state index is 0.239. The third kappa shape index (κ3) is 6.40. The molecular formula is C37H31F3N4O3. The number of para-hydroxylation sites is 1. The maximum absolute atomic E-state index is 13.0. The second kappa shape index (κ2) is 12.5. The smallest absolute Gasteiger partial charge is 0.433 e. The van der Waals surface area contributed by atoms with Crippen LogP contribution in [0.2, 0.25) is 0 Å². The predicted molar refractivity (Wildman–Crippen MR) is 172 cm³/mol. The van der Waals surface area contributed by atoms with E-state index in [1.807, 2.05) is 78.9 Å². The number of carboxylic acid groups (broad SMARTS) is 1. The number of rotatable bonds is 8. The molecule has 1 N–H and O–H groups in total. The number of hydrogen-bond donors (Lipinski definition) is 1. The van der Waals surface area contributed by atoms with E-state index in [0.717, 1.165) is 64.4 Å². The Hall–Kier alpha value is -5.25. The van der Waals surface area contributed by atoms with Crippen LogP contribution in [0.25, 0.3) is 33.1 Å². The van der Waals surface area contributed by atoms with Crippen LogP contribution in [0.4, 0.5) is 13.2 Å². The molecule has 0 amide bonds. The molecule has 1 aliphatic rings. The van der Waals surface area contributed by atoms with Gasteiger partial charge in [0.15, 0.2) is 0 Å². The molecule has 1 aliphatic carbocycles. The molecule has 0 aliphatic heterocycles. The number of hydrogen-bond acceptors (Lipinski definition) is 5. The first-order chi connectivity index (χ1) is 22.7. The summed E-state index contributed by atoms with van der Waals surface area (Å²) in [5.74, 6) is -0.205. The Kier molecular flexibility index (Phi) is 8.09. The SMILES string of the molecule is O=C(O)[C@@H]1CCCCC1c1nc2cc(OCc3ccc4ccccc4n3)ccc2n1Cc1ccc(-c2ccc(C(F)(F)F)nc2)cc1. The van der Waals surface area contributed by atoms with Crippen LogP contribution in [0.1, 0.15) is 54.4 Å². The molecule has 0 saturated heterocycles. The molecule has 6 aromatic rings. The summed E-state index contributed by atoms with van der Waals surface area (Å²) in [5, 5.41) is 11.1. The molecule has 1 saturated carbocycles. The molecule has 7 rings (SSSR count). The summed E-state index contributed by atoms with van der Waals surface area (Å²) in [6, 6.07) is 27.6. The Morgan fingerprint density at radius 2 is 1.66 bits per heavy atom. The highest BCUT2D eigenvalue weighted by molar-refractivity contribution is 5.79. The van der Waals surface area contributed by atoms with Crippen LogP contribution in [-0.2, 0) is 24.1 Å². The number of nitrogens with zero attached hydrogens (tertiary/aromatic N) is 4. The van der Waals surface area contributed by atoms with Crippen LogP contribution in [0.3, 0.4) is 0 Å². The zero-order chi connectivity index (χ0) is 32.5. The second-order valence-corrected chi connectivity index (χ2v) is 12.0. The molecule has 2 atom stereocenters. The fourth-order valence-corrected chi connectivity index (χ4v) is 6.47. The van der Waals surface area contributed by atoms with Crippen molar-refractivity contribution in [3.05, 3.63) is 120 Å². The molecule has 0 bridgehead atoms. The van der Waals surface area contributed by atoms with Gasteiger partial charge in [0.2, 0.25) is 0 Å². The summed E-state index contributed by atoms with van der Waals surface area (Å²) in [6.45, 7) is 0.732. The maximum Gasteiger partial charge on any atom is 0.433 e. The van der Waals surface area contributed by atoms with E-state index in [1.54, 1.807) is 0 Å². The van der Waals surface area contributed by atoms with Crippen LogP contribution < -0.4 is 4.74 Å². The lowest BCUT2D eigenvalue weighted by Gasteiger charge is -2.28. The van der Waals surface area contributed by atoms with E-state index < -0.39 is 23.8 Å². The molecule has 10 heteroatoms. The van der Waals surface area contributed by atoms with Crippen molar-refractivity contribution in [1.82, 2.24) is 19.5 Å². The van der Waals surface area contributed by atoms with Gasteiger partial charge in [-0.1, -0.05) is 67.4 Å². The third-order valence-corrected chi connectivity index (χ3v) is 8.89. The van der Waals surface area contributed by atoms with Gasteiger partial charge in [-0.15, -0.1) is 0 Å². The quantitative estimate of drug-likeness (QED) is 0.180. The Balaban J connectivity index is 1.18. The minimum Gasteiger partial charge on any atom is -0.487 e. The number of carbonyl (C=O) groups is 1. The molecule has 0 spiro atoms. The lowest BCUT2D eigenvalue weighted by Crippen LogP contribution is -2.27. The molecule has 3 heterocycles. The summed E-state index contributed by atoms with van der Waals surface area (Å²) >= 11 is 0. The van der Waals surface area contributed by atoms with Crippen molar-refractivity contribution in [3.63, 3.8) is 0 Å². The van der Waals surface area contributed by atoms with Gasteiger partial charge in [0, 0.05) is 35.7 Å². The summed E-state index contributed by atoms with van der Waals surface area (Å²) < 4.78 is 47.1. The minimum atomic E-state index is -4.49. The molecule has 47 heavy (non-hydrogen) atoms. The predicted octanol–water partition coefficient (Wildman–Crippen LogP) is 8.65. The monoisotopic (exact) mass is 636 g/mol. The Morgan fingerprint density at radius 1 is 0.872 bits per heavy atom. The molecule has 3 aromatic carbocycles. The number of aliphatic carboxylic acids is 1. The molecule has 1 unspecified atom stereocenters. The van der Waals surface area contributed by atoms with Gasteiger partial charge in [0.25, 0.3) is 0 Å². The van der Waals surface area contributed by atoms with Gasteiger partial charge in [-0.2, -0.15) is 13.2 Å². The number of carboxylic acids is 1. The van der Waals surface area contributed by atoms with Crippen LogP contribution in [0.5, 0.6) is 5.75 Å². The van der Waals surface area contributed by atoms with Crippen LogP contribution in [0, 0.1) is 5.92 Å². The van der Waals surface area contributed by atoms with E-state index >= 15 is 0 Å². The summed E-state index contributed by atoms with van der Waals surface area (Å²) in [4.78, 5) is 25.6. The molecular weight excluding hydrogens is 605 g/mol. The number of fused-ring (bicyclic) bond motifs is 2. The number of aromatic nitrogens is 4. The van der Waals surface area contributed by atoms with E-state index in [2.05, 4.69) is 9.55 Å². The van der Waals surface area contributed by atoms with Gasteiger partial charge in [0.1, 0.15) is 23.9 Å². The number of halogens is 3. The highest BCUT2D eigenvalue weighted by Crippen LogP contribution is 2.39. The fourth-order valence-electron chi connectivity index (χ4n) is 6.47. The number of ether oxygens (including phenoxy) is 1. The van der Waals surface area contributed by atoms with Gasteiger partial charge in [-0.25, -0.2) is 9.97 Å². The standard InChI is InChI=1S/C37H31F3N4O3/c38-37(39,40)34-18-14-26(20-41-34)24-11-9-23(10-12-24)21-44-33-17-16-28(47-22-27-15-13-25-5-1-4-8-31(25)42-27)19-32(33)43-35(44)29-6-2-3-7-30(29)36(45)46/h1,4-5,8-20,29-30H,2-3,6-7,21-22H2,(H,45,46)/t29?,30-/m1/s1. The lowest BCUT2D eigenvalue weighted by atomic mass is 9.78. The van der Waals surface area contributed by atoms with Gasteiger partial charge in [-0.05, 0) is 54.3 Å². The summed E-state index contributed by atoms with van der Waals surface area (Å²) in [6.07, 6.45) is -0.129. The van der Waals surface area contributed by atoms with Crippen molar-refractivity contribution in [3.8, 4) is 16.9 Å². The fraction of sp³-hybridized carbons (Fsp3) is 0.243. The largest absolute Gasteiger partial charge is 0.487 e. The van der Waals surface area contributed by atoms with E-state index in [9.17, 15) is 23.1 Å². The Bertz CT molecular complexity index is 2060.